The minimum atomic E-state index is -3.69. The maximum absolute atomic E-state index is 13.1. The first-order valence-electron chi connectivity index (χ1n) is 7.39. The van der Waals surface area contributed by atoms with Crippen LogP contribution in [-0.4, -0.2) is 33.5 Å². The van der Waals surface area contributed by atoms with E-state index < -0.39 is 10.0 Å². The number of ether oxygens (including phenoxy) is 2. The van der Waals surface area contributed by atoms with E-state index in [0.717, 1.165) is 5.56 Å². The summed E-state index contributed by atoms with van der Waals surface area (Å²) in [6, 6.07) is 12.6. The number of hydrogen-bond donors (Lipinski definition) is 0. The molecule has 0 atom stereocenters. The standard InChI is InChI=1S/C17H20BrNO4S/c1-4-19(12-13-8-6-5-7-9-13)24(20,21)17-11-16(23-3)15(22-2)10-14(17)18/h5-11H,4,12H2,1-3H3. The molecule has 0 spiro atoms. The molecule has 0 heterocycles. The highest BCUT2D eigenvalue weighted by Crippen LogP contribution is 2.36. The van der Waals surface area contributed by atoms with Crippen molar-refractivity contribution in [3.63, 3.8) is 0 Å². The highest BCUT2D eigenvalue weighted by molar-refractivity contribution is 9.10. The second kappa shape index (κ2) is 8.00. The molecule has 0 unspecified atom stereocenters. The van der Waals surface area contributed by atoms with Gasteiger partial charge in [0.05, 0.1) is 14.2 Å². The van der Waals surface area contributed by atoms with Gasteiger partial charge in [0.25, 0.3) is 0 Å². The van der Waals surface area contributed by atoms with E-state index in [0.29, 0.717) is 29.1 Å². The Balaban J connectivity index is 2.44. The van der Waals surface area contributed by atoms with Crippen LogP contribution >= 0.6 is 15.9 Å². The third kappa shape index (κ3) is 3.91. The van der Waals surface area contributed by atoms with Crippen LogP contribution in [0.1, 0.15) is 12.5 Å². The monoisotopic (exact) mass is 413 g/mol. The molecule has 0 aliphatic rings. The fourth-order valence-corrected chi connectivity index (χ4v) is 4.76. The molecule has 7 heteroatoms. The van der Waals surface area contributed by atoms with E-state index in [1.807, 2.05) is 37.3 Å². The minimum Gasteiger partial charge on any atom is -0.493 e. The van der Waals surface area contributed by atoms with Crippen molar-refractivity contribution >= 4 is 26.0 Å². The first-order valence-corrected chi connectivity index (χ1v) is 9.63. The largest absolute Gasteiger partial charge is 0.493 e. The number of benzene rings is 2. The van der Waals surface area contributed by atoms with Gasteiger partial charge in [-0.3, -0.25) is 0 Å². The first-order chi connectivity index (χ1) is 11.4. The summed E-state index contributed by atoms with van der Waals surface area (Å²) < 4.78 is 38.4. The van der Waals surface area contributed by atoms with Crippen LogP contribution in [0.2, 0.25) is 0 Å². The summed E-state index contributed by atoms with van der Waals surface area (Å²) in [5, 5.41) is 0. The van der Waals surface area contributed by atoms with E-state index >= 15 is 0 Å². The summed E-state index contributed by atoms with van der Waals surface area (Å²) >= 11 is 3.33. The Bertz CT molecular complexity index is 794. The zero-order valence-corrected chi connectivity index (χ0v) is 16.2. The van der Waals surface area contributed by atoms with Gasteiger partial charge in [0.15, 0.2) is 11.5 Å². The van der Waals surface area contributed by atoms with Crippen molar-refractivity contribution in [1.29, 1.82) is 0 Å². The zero-order chi connectivity index (χ0) is 17.7. The molecular formula is C17H20BrNO4S. The van der Waals surface area contributed by atoms with Crippen molar-refractivity contribution in [3.8, 4) is 11.5 Å². The lowest BCUT2D eigenvalue weighted by atomic mass is 10.2. The summed E-state index contributed by atoms with van der Waals surface area (Å²) in [7, 11) is -0.705. The molecule has 2 aromatic rings. The first kappa shape index (κ1) is 18.8. The van der Waals surface area contributed by atoms with Gasteiger partial charge in [-0.25, -0.2) is 8.42 Å². The van der Waals surface area contributed by atoms with Gasteiger partial charge in [-0.05, 0) is 27.6 Å². The Morgan fingerprint density at radius 3 is 2.17 bits per heavy atom. The lowest BCUT2D eigenvalue weighted by Crippen LogP contribution is -2.30. The second-order valence-electron chi connectivity index (χ2n) is 5.05. The number of sulfonamides is 1. The normalized spacial score (nSPS) is 11.5. The topological polar surface area (TPSA) is 55.8 Å². The average molecular weight is 414 g/mol. The van der Waals surface area contributed by atoms with Crippen molar-refractivity contribution in [2.45, 2.75) is 18.4 Å². The highest BCUT2D eigenvalue weighted by atomic mass is 79.9. The fraction of sp³-hybridized carbons (Fsp3) is 0.294. The number of nitrogens with zero attached hydrogens (tertiary/aromatic N) is 1. The number of halogens is 1. The highest BCUT2D eigenvalue weighted by Gasteiger charge is 2.27. The van der Waals surface area contributed by atoms with Gasteiger partial charge in [0, 0.05) is 23.6 Å². The molecule has 0 radical (unpaired) electrons. The van der Waals surface area contributed by atoms with E-state index in [4.69, 9.17) is 9.47 Å². The molecule has 2 rings (SSSR count). The summed E-state index contributed by atoms with van der Waals surface area (Å²) in [6.45, 7) is 2.48. The Kier molecular flexibility index (Phi) is 6.26. The minimum absolute atomic E-state index is 0.151. The molecular weight excluding hydrogens is 394 g/mol. The quantitative estimate of drug-likeness (QED) is 0.694. The molecule has 0 aliphatic carbocycles. The van der Waals surface area contributed by atoms with Gasteiger partial charge in [-0.2, -0.15) is 4.31 Å². The molecule has 5 nitrogen and oxygen atoms in total. The maximum atomic E-state index is 13.1. The summed E-state index contributed by atoms with van der Waals surface area (Å²) in [6.07, 6.45) is 0. The molecule has 130 valence electrons. The molecule has 0 amide bonds. The predicted octanol–water partition coefficient (Wildman–Crippen LogP) is 3.68. The predicted molar refractivity (Wildman–Crippen MR) is 97.0 cm³/mol. The van der Waals surface area contributed by atoms with Crippen LogP contribution in [0.5, 0.6) is 11.5 Å². The van der Waals surface area contributed by atoms with Crippen LogP contribution < -0.4 is 9.47 Å². The molecule has 2 aromatic carbocycles. The van der Waals surface area contributed by atoms with Gasteiger partial charge < -0.3 is 9.47 Å². The van der Waals surface area contributed by atoms with Gasteiger partial charge >= 0.3 is 0 Å². The van der Waals surface area contributed by atoms with Crippen molar-refractivity contribution in [2.75, 3.05) is 20.8 Å². The van der Waals surface area contributed by atoms with E-state index in [1.54, 1.807) is 6.07 Å². The molecule has 0 bridgehead atoms. The third-order valence-corrected chi connectivity index (χ3v) is 6.49. The molecule has 24 heavy (non-hydrogen) atoms. The fourth-order valence-electron chi connectivity index (χ4n) is 2.33. The molecule has 0 fully saturated rings. The van der Waals surface area contributed by atoms with Crippen molar-refractivity contribution in [3.05, 3.63) is 52.5 Å². The Morgan fingerprint density at radius 2 is 1.62 bits per heavy atom. The van der Waals surface area contributed by atoms with Crippen molar-refractivity contribution < 1.29 is 17.9 Å². The average Bonchev–Trinajstić information content (AvgIpc) is 2.59. The Hall–Kier alpha value is -1.57. The summed E-state index contributed by atoms with van der Waals surface area (Å²) in [5.74, 6) is 0.837. The van der Waals surface area contributed by atoms with E-state index in [9.17, 15) is 8.42 Å². The molecule has 0 saturated heterocycles. The van der Waals surface area contributed by atoms with Crippen LogP contribution in [0.25, 0.3) is 0 Å². The lowest BCUT2D eigenvalue weighted by Gasteiger charge is -2.22. The van der Waals surface area contributed by atoms with Crippen LogP contribution in [0.15, 0.2) is 51.8 Å². The van der Waals surface area contributed by atoms with Crippen molar-refractivity contribution in [1.82, 2.24) is 4.31 Å². The van der Waals surface area contributed by atoms with E-state index in [-0.39, 0.29) is 4.90 Å². The van der Waals surface area contributed by atoms with Crippen LogP contribution in [0.4, 0.5) is 0 Å². The van der Waals surface area contributed by atoms with E-state index in [1.165, 1.54) is 24.6 Å². The number of methoxy groups -OCH3 is 2. The number of hydrogen-bond acceptors (Lipinski definition) is 4. The Morgan fingerprint density at radius 1 is 1.04 bits per heavy atom. The summed E-state index contributed by atoms with van der Waals surface area (Å²) in [4.78, 5) is 0.151. The second-order valence-corrected chi connectivity index (χ2v) is 7.82. The van der Waals surface area contributed by atoms with Gasteiger partial charge in [-0.1, -0.05) is 37.3 Å². The van der Waals surface area contributed by atoms with Gasteiger partial charge in [0.2, 0.25) is 10.0 Å². The third-order valence-electron chi connectivity index (χ3n) is 3.61. The van der Waals surface area contributed by atoms with Crippen LogP contribution in [-0.2, 0) is 16.6 Å². The summed E-state index contributed by atoms with van der Waals surface area (Å²) in [5.41, 5.74) is 0.930. The van der Waals surface area contributed by atoms with Gasteiger partial charge in [-0.15, -0.1) is 0 Å². The molecule has 0 N–H and O–H groups in total. The smallest absolute Gasteiger partial charge is 0.244 e. The van der Waals surface area contributed by atoms with E-state index in [2.05, 4.69) is 15.9 Å². The van der Waals surface area contributed by atoms with Crippen LogP contribution in [0.3, 0.4) is 0 Å². The van der Waals surface area contributed by atoms with Crippen LogP contribution in [0, 0.1) is 0 Å². The number of rotatable bonds is 7. The Labute approximate surface area is 151 Å². The zero-order valence-electron chi connectivity index (χ0n) is 13.8. The van der Waals surface area contributed by atoms with Gasteiger partial charge in [0.1, 0.15) is 4.90 Å². The molecule has 0 aliphatic heterocycles. The van der Waals surface area contributed by atoms with Crippen molar-refractivity contribution in [2.24, 2.45) is 0 Å². The molecule has 0 saturated carbocycles. The SMILES string of the molecule is CCN(Cc1ccccc1)S(=O)(=O)c1cc(OC)c(OC)cc1Br. The maximum Gasteiger partial charge on any atom is 0.244 e. The molecule has 0 aromatic heterocycles. The lowest BCUT2D eigenvalue weighted by molar-refractivity contribution is 0.353.